The minimum absolute atomic E-state index is 0.147. The molecule has 1 saturated carbocycles. The number of ether oxygens (including phenoxy) is 2. The van der Waals surface area contributed by atoms with Gasteiger partial charge < -0.3 is 19.8 Å². The number of H-pyrrole nitrogens is 1. The summed E-state index contributed by atoms with van der Waals surface area (Å²) in [5, 5.41) is 4.49. The van der Waals surface area contributed by atoms with Gasteiger partial charge in [-0.15, -0.1) is 0 Å². The van der Waals surface area contributed by atoms with E-state index >= 15 is 0 Å². The van der Waals surface area contributed by atoms with Gasteiger partial charge in [-0.3, -0.25) is 0 Å². The number of halogens is 3. The molecule has 3 aromatic rings. The van der Waals surface area contributed by atoms with E-state index in [1.54, 1.807) is 12.1 Å². The van der Waals surface area contributed by atoms with Gasteiger partial charge in [0, 0.05) is 41.3 Å². The number of rotatable bonds is 7. The first-order chi connectivity index (χ1) is 14.5. The predicted octanol–water partition coefficient (Wildman–Crippen LogP) is 5.42. The quantitative estimate of drug-likeness (QED) is 0.504. The molecule has 1 aliphatic rings. The van der Waals surface area contributed by atoms with E-state index in [4.69, 9.17) is 9.47 Å². The zero-order valence-corrected chi connectivity index (χ0v) is 16.9. The van der Waals surface area contributed by atoms with Crippen molar-refractivity contribution in [2.24, 2.45) is 0 Å². The molecule has 4 rings (SSSR count). The molecule has 0 aliphatic heterocycles. The fourth-order valence-electron chi connectivity index (χ4n) is 4.42. The van der Waals surface area contributed by atoms with Crippen molar-refractivity contribution in [3.05, 3.63) is 59.5 Å². The van der Waals surface area contributed by atoms with Crippen LogP contribution in [0.1, 0.15) is 37.7 Å². The molecule has 4 nitrogen and oxygen atoms in total. The molecule has 7 heteroatoms. The molecule has 0 radical (unpaired) electrons. The summed E-state index contributed by atoms with van der Waals surface area (Å²) in [6.07, 6.45) is 7.15. The molecule has 0 spiro atoms. The number of aromatic nitrogens is 1. The summed E-state index contributed by atoms with van der Waals surface area (Å²) in [6, 6.07) is 6.74. The number of hydrogen-bond donors (Lipinski definition) is 2. The zero-order chi connectivity index (χ0) is 21.1. The fraction of sp³-hybridized carbons (Fsp3) is 0.391. The molecule has 30 heavy (non-hydrogen) atoms. The third-order valence-corrected chi connectivity index (χ3v) is 5.90. The number of fused-ring (bicyclic) bond motifs is 1. The van der Waals surface area contributed by atoms with Gasteiger partial charge in [-0.25, -0.2) is 13.2 Å². The lowest BCUT2D eigenvalue weighted by atomic mass is 9.76. The molecule has 0 bridgehead atoms. The first kappa shape index (κ1) is 20.6. The molecule has 2 N–H and O–H groups in total. The highest BCUT2D eigenvalue weighted by Gasteiger charge is 2.35. The van der Waals surface area contributed by atoms with Crippen molar-refractivity contribution in [1.29, 1.82) is 0 Å². The van der Waals surface area contributed by atoms with E-state index in [1.807, 2.05) is 6.20 Å². The molecule has 0 atom stereocenters. The van der Waals surface area contributed by atoms with Gasteiger partial charge in [-0.05, 0) is 36.6 Å². The van der Waals surface area contributed by atoms with Crippen LogP contribution in [0.2, 0.25) is 0 Å². The second-order valence-corrected chi connectivity index (χ2v) is 7.73. The van der Waals surface area contributed by atoms with Crippen LogP contribution in [0.5, 0.6) is 11.5 Å². The smallest absolute Gasteiger partial charge is 0.164 e. The Labute approximate surface area is 173 Å². The Balaban J connectivity index is 1.51. The van der Waals surface area contributed by atoms with Crippen molar-refractivity contribution < 1.29 is 22.6 Å². The van der Waals surface area contributed by atoms with Gasteiger partial charge in [0.05, 0.1) is 7.11 Å². The summed E-state index contributed by atoms with van der Waals surface area (Å²) < 4.78 is 51.6. The Kier molecular flexibility index (Phi) is 5.90. The maximum absolute atomic E-state index is 13.9. The lowest BCUT2D eigenvalue weighted by Gasteiger charge is -2.38. The van der Waals surface area contributed by atoms with Crippen LogP contribution in [0.4, 0.5) is 13.2 Å². The lowest BCUT2D eigenvalue weighted by Crippen LogP contribution is -2.45. The van der Waals surface area contributed by atoms with Crippen LogP contribution < -0.4 is 14.8 Å². The van der Waals surface area contributed by atoms with Crippen molar-refractivity contribution >= 4 is 10.9 Å². The average Bonchev–Trinajstić information content (AvgIpc) is 3.18. The Morgan fingerprint density at radius 1 is 1.00 bits per heavy atom. The van der Waals surface area contributed by atoms with Gasteiger partial charge in [-0.1, -0.05) is 19.3 Å². The number of benzene rings is 2. The minimum atomic E-state index is -0.983. The summed E-state index contributed by atoms with van der Waals surface area (Å²) >= 11 is 0. The highest BCUT2D eigenvalue weighted by atomic mass is 19.2. The van der Waals surface area contributed by atoms with Crippen LogP contribution in [0, 0.1) is 17.5 Å². The number of aromatic amines is 1. The Morgan fingerprint density at radius 3 is 2.47 bits per heavy atom. The van der Waals surface area contributed by atoms with Crippen LogP contribution in [0.25, 0.3) is 10.9 Å². The molecule has 0 unspecified atom stereocenters. The molecule has 2 aromatic carbocycles. The second-order valence-electron chi connectivity index (χ2n) is 7.73. The lowest BCUT2D eigenvalue weighted by molar-refractivity contribution is 0.210. The largest absolute Gasteiger partial charge is 0.493 e. The molecular weight excluding hydrogens is 393 g/mol. The van der Waals surface area contributed by atoms with E-state index < -0.39 is 11.6 Å². The standard InChI is InChI=1S/C23H25F3N2O2/c1-29-21-12-18(25)19(26)13-22(21)30-10-9-28-23(7-3-2-4-8-23)17-14-27-20-6-5-15(24)11-16(17)20/h5-6,11-14,27-28H,2-4,7-10H2,1H3. The zero-order valence-electron chi connectivity index (χ0n) is 16.9. The highest BCUT2D eigenvalue weighted by molar-refractivity contribution is 5.84. The van der Waals surface area contributed by atoms with E-state index in [1.165, 1.54) is 19.6 Å². The van der Waals surface area contributed by atoms with E-state index in [2.05, 4.69) is 10.3 Å². The second kappa shape index (κ2) is 8.60. The molecule has 0 saturated heterocycles. The van der Waals surface area contributed by atoms with Gasteiger partial charge in [0.25, 0.3) is 0 Å². The molecule has 1 aromatic heterocycles. The van der Waals surface area contributed by atoms with Crippen LogP contribution in [-0.2, 0) is 5.54 Å². The highest BCUT2D eigenvalue weighted by Crippen LogP contribution is 2.40. The van der Waals surface area contributed by atoms with Crippen molar-refractivity contribution in [1.82, 2.24) is 10.3 Å². The van der Waals surface area contributed by atoms with E-state index in [9.17, 15) is 13.2 Å². The molecule has 1 aliphatic carbocycles. The number of hydrogen-bond acceptors (Lipinski definition) is 3. The van der Waals surface area contributed by atoms with Gasteiger partial charge in [0.1, 0.15) is 12.4 Å². The van der Waals surface area contributed by atoms with E-state index in [-0.39, 0.29) is 29.5 Å². The minimum Gasteiger partial charge on any atom is -0.493 e. The predicted molar refractivity (Wildman–Crippen MR) is 109 cm³/mol. The third kappa shape index (κ3) is 3.99. The number of methoxy groups -OCH3 is 1. The Morgan fingerprint density at radius 2 is 1.73 bits per heavy atom. The summed E-state index contributed by atoms with van der Waals surface area (Å²) in [5.41, 5.74) is 1.68. The summed E-state index contributed by atoms with van der Waals surface area (Å²) in [5.74, 6) is -1.92. The van der Waals surface area contributed by atoms with E-state index in [0.29, 0.717) is 6.54 Å². The maximum Gasteiger partial charge on any atom is 0.164 e. The first-order valence-electron chi connectivity index (χ1n) is 10.2. The van der Waals surface area contributed by atoms with Crippen LogP contribution in [-0.4, -0.2) is 25.2 Å². The molecule has 1 heterocycles. The number of nitrogens with one attached hydrogen (secondary N) is 2. The van der Waals surface area contributed by atoms with Crippen molar-refractivity contribution in [3.63, 3.8) is 0 Å². The molecule has 160 valence electrons. The molecular formula is C23H25F3N2O2. The topological polar surface area (TPSA) is 46.3 Å². The van der Waals surface area contributed by atoms with Gasteiger partial charge >= 0.3 is 0 Å². The molecule has 0 amide bonds. The van der Waals surface area contributed by atoms with Gasteiger partial charge in [0.15, 0.2) is 23.1 Å². The van der Waals surface area contributed by atoms with Crippen LogP contribution >= 0.6 is 0 Å². The van der Waals surface area contributed by atoms with Crippen molar-refractivity contribution in [2.75, 3.05) is 20.3 Å². The Bertz CT molecular complexity index is 1030. The molecule has 1 fully saturated rings. The summed E-state index contributed by atoms with van der Waals surface area (Å²) in [7, 11) is 1.38. The fourth-order valence-corrected chi connectivity index (χ4v) is 4.42. The monoisotopic (exact) mass is 418 g/mol. The maximum atomic E-state index is 13.9. The van der Waals surface area contributed by atoms with Crippen LogP contribution in [0.15, 0.2) is 36.5 Å². The summed E-state index contributed by atoms with van der Waals surface area (Å²) in [6.45, 7) is 0.740. The third-order valence-electron chi connectivity index (χ3n) is 5.90. The van der Waals surface area contributed by atoms with Gasteiger partial charge in [-0.2, -0.15) is 0 Å². The SMILES string of the molecule is COc1cc(F)c(F)cc1OCCNC1(c2c[nH]c3ccc(F)cc23)CCCCC1. The van der Waals surface area contributed by atoms with Gasteiger partial charge in [0.2, 0.25) is 0 Å². The summed E-state index contributed by atoms with van der Waals surface area (Å²) in [4.78, 5) is 3.25. The van der Waals surface area contributed by atoms with E-state index in [0.717, 1.165) is 54.3 Å². The Hall–Kier alpha value is -2.67. The normalized spacial score (nSPS) is 16.0. The van der Waals surface area contributed by atoms with Crippen molar-refractivity contribution in [3.8, 4) is 11.5 Å². The van der Waals surface area contributed by atoms with Crippen LogP contribution in [0.3, 0.4) is 0 Å². The first-order valence-corrected chi connectivity index (χ1v) is 10.2. The van der Waals surface area contributed by atoms with Crippen molar-refractivity contribution in [2.45, 2.75) is 37.6 Å². The average molecular weight is 418 g/mol.